The topological polar surface area (TPSA) is 63.5 Å². The number of carbonyl (C=O) groups is 1. The lowest BCUT2D eigenvalue weighted by Gasteiger charge is -2.12. The molecule has 0 saturated heterocycles. The highest BCUT2D eigenvalue weighted by Gasteiger charge is 2.15. The number of benzene rings is 2. The number of hydrogen-bond acceptors (Lipinski definition) is 4. The molecule has 2 aromatic rings. The van der Waals surface area contributed by atoms with E-state index in [1.165, 1.54) is 6.07 Å². The number of para-hydroxylation sites is 1. The highest BCUT2D eigenvalue weighted by Crippen LogP contribution is 2.19. The summed E-state index contributed by atoms with van der Waals surface area (Å²) in [4.78, 5) is 24.6. The van der Waals surface area contributed by atoms with Crippen LogP contribution in [-0.4, -0.2) is 24.8 Å². The average Bonchev–Trinajstić information content (AvgIpc) is 2.48. The number of anilines is 1. The fourth-order valence-corrected chi connectivity index (χ4v) is 2.25. The van der Waals surface area contributed by atoms with Gasteiger partial charge < -0.3 is 4.90 Å². The number of hydrogen-bond donors (Lipinski definition) is 0. The Labute approximate surface area is 129 Å². The van der Waals surface area contributed by atoms with Gasteiger partial charge in [-0.15, -0.1) is 0 Å². The van der Waals surface area contributed by atoms with Gasteiger partial charge in [0.25, 0.3) is 5.69 Å². The van der Waals surface area contributed by atoms with E-state index in [2.05, 4.69) is 0 Å². The van der Waals surface area contributed by atoms with Crippen molar-refractivity contribution in [2.45, 2.75) is 12.8 Å². The van der Waals surface area contributed by atoms with Crippen LogP contribution in [0.3, 0.4) is 0 Å². The second-order valence-electron chi connectivity index (χ2n) is 5.34. The van der Waals surface area contributed by atoms with Crippen molar-refractivity contribution in [1.29, 1.82) is 0 Å². The molecular formula is C17H18N2O3. The lowest BCUT2D eigenvalue weighted by Crippen LogP contribution is -2.10. The Morgan fingerprint density at radius 3 is 2.27 bits per heavy atom. The van der Waals surface area contributed by atoms with Gasteiger partial charge in [0.2, 0.25) is 0 Å². The smallest absolute Gasteiger partial charge is 0.273 e. The maximum atomic E-state index is 12.1. The first-order chi connectivity index (χ1) is 10.5. The molecule has 22 heavy (non-hydrogen) atoms. The molecule has 0 radical (unpaired) electrons. The summed E-state index contributed by atoms with van der Waals surface area (Å²) < 4.78 is 0. The largest absolute Gasteiger partial charge is 0.378 e. The van der Waals surface area contributed by atoms with Crippen LogP contribution in [-0.2, 0) is 17.6 Å². The van der Waals surface area contributed by atoms with Crippen LogP contribution < -0.4 is 4.90 Å². The molecule has 0 aliphatic heterocycles. The molecule has 0 atom stereocenters. The Morgan fingerprint density at radius 2 is 1.68 bits per heavy atom. The van der Waals surface area contributed by atoms with E-state index in [1.54, 1.807) is 18.2 Å². The summed E-state index contributed by atoms with van der Waals surface area (Å²) in [5.41, 5.74) is 2.44. The van der Waals surface area contributed by atoms with Crippen LogP contribution in [0.5, 0.6) is 0 Å². The van der Waals surface area contributed by atoms with Crippen LogP contribution in [0.25, 0.3) is 0 Å². The zero-order valence-corrected chi connectivity index (χ0v) is 12.7. The van der Waals surface area contributed by atoms with Crippen molar-refractivity contribution in [2.75, 3.05) is 19.0 Å². The van der Waals surface area contributed by atoms with Crippen molar-refractivity contribution < 1.29 is 9.72 Å². The minimum Gasteiger partial charge on any atom is -0.378 e. The van der Waals surface area contributed by atoms with Crippen molar-refractivity contribution in [3.05, 3.63) is 69.8 Å². The van der Waals surface area contributed by atoms with Gasteiger partial charge in [0.15, 0.2) is 0 Å². The molecule has 5 heteroatoms. The van der Waals surface area contributed by atoms with E-state index in [1.807, 2.05) is 43.3 Å². The van der Waals surface area contributed by atoms with Gasteiger partial charge in [0.05, 0.1) is 4.92 Å². The molecule has 0 aliphatic carbocycles. The molecule has 5 nitrogen and oxygen atoms in total. The third kappa shape index (κ3) is 3.91. The molecule has 0 amide bonds. The van der Waals surface area contributed by atoms with Crippen LogP contribution in [0.1, 0.15) is 11.1 Å². The second-order valence-corrected chi connectivity index (χ2v) is 5.34. The van der Waals surface area contributed by atoms with Gasteiger partial charge in [0.1, 0.15) is 5.78 Å². The molecule has 0 N–H and O–H groups in total. The predicted molar refractivity (Wildman–Crippen MR) is 86.3 cm³/mol. The summed E-state index contributed by atoms with van der Waals surface area (Å²) in [6.07, 6.45) is 0.354. The maximum Gasteiger partial charge on any atom is 0.273 e. The van der Waals surface area contributed by atoms with Crippen LogP contribution in [0, 0.1) is 10.1 Å². The second kappa shape index (κ2) is 6.85. The summed E-state index contributed by atoms with van der Waals surface area (Å²) in [5.74, 6) is -0.0353. The first-order valence-corrected chi connectivity index (χ1v) is 6.97. The van der Waals surface area contributed by atoms with E-state index >= 15 is 0 Å². The van der Waals surface area contributed by atoms with Gasteiger partial charge in [-0.1, -0.05) is 30.3 Å². The number of Topliss-reactive ketones (excluding diaryl/α,β-unsaturated/α-hetero) is 1. The fourth-order valence-electron chi connectivity index (χ4n) is 2.25. The molecule has 0 bridgehead atoms. The molecule has 0 unspecified atom stereocenters. The summed E-state index contributed by atoms with van der Waals surface area (Å²) in [6, 6.07) is 14.1. The van der Waals surface area contributed by atoms with E-state index < -0.39 is 4.92 Å². The van der Waals surface area contributed by atoms with Gasteiger partial charge in [-0.2, -0.15) is 0 Å². The maximum absolute atomic E-state index is 12.1. The third-order valence-corrected chi connectivity index (χ3v) is 3.43. The SMILES string of the molecule is CN(C)c1ccc(CC(=O)Cc2ccccc2[N+](=O)[O-])cc1. The van der Waals surface area contributed by atoms with Gasteiger partial charge in [0, 0.05) is 44.3 Å². The Bertz CT molecular complexity index is 679. The number of nitro benzene ring substituents is 1. The van der Waals surface area contributed by atoms with E-state index in [4.69, 9.17) is 0 Å². The lowest BCUT2D eigenvalue weighted by molar-refractivity contribution is -0.385. The van der Waals surface area contributed by atoms with Crippen LogP contribution in [0.2, 0.25) is 0 Å². The Hall–Kier alpha value is -2.69. The van der Waals surface area contributed by atoms with E-state index in [0.717, 1.165) is 11.3 Å². The zero-order chi connectivity index (χ0) is 16.1. The number of carbonyl (C=O) groups excluding carboxylic acids is 1. The zero-order valence-electron chi connectivity index (χ0n) is 12.7. The quantitative estimate of drug-likeness (QED) is 0.607. The number of ketones is 1. The lowest BCUT2D eigenvalue weighted by atomic mass is 10.0. The predicted octanol–water partition coefficient (Wildman–Crippen LogP) is 3.02. The molecule has 114 valence electrons. The summed E-state index contributed by atoms with van der Waals surface area (Å²) in [6.45, 7) is 0. The average molecular weight is 298 g/mol. The summed E-state index contributed by atoms with van der Waals surface area (Å²) in [7, 11) is 3.91. The van der Waals surface area contributed by atoms with Crippen molar-refractivity contribution in [1.82, 2.24) is 0 Å². The van der Waals surface area contributed by atoms with Crippen LogP contribution in [0.15, 0.2) is 48.5 Å². The monoisotopic (exact) mass is 298 g/mol. The van der Waals surface area contributed by atoms with Crippen molar-refractivity contribution >= 4 is 17.2 Å². The standard InChI is InChI=1S/C17H18N2O3/c1-18(2)15-9-7-13(8-10-15)11-16(20)12-14-5-3-4-6-17(14)19(21)22/h3-10H,11-12H2,1-2H3. The van der Waals surface area contributed by atoms with E-state index in [9.17, 15) is 14.9 Å². The first kappa shape index (κ1) is 15.7. The normalized spacial score (nSPS) is 10.3. The molecule has 0 heterocycles. The highest BCUT2D eigenvalue weighted by molar-refractivity contribution is 5.84. The molecule has 0 fully saturated rings. The van der Waals surface area contributed by atoms with E-state index in [0.29, 0.717) is 5.56 Å². The summed E-state index contributed by atoms with van der Waals surface area (Å²) >= 11 is 0. The molecule has 0 spiro atoms. The van der Waals surface area contributed by atoms with Gasteiger partial charge in [-0.25, -0.2) is 0 Å². The highest BCUT2D eigenvalue weighted by atomic mass is 16.6. The molecule has 0 aliphatic rings. The van der Waals surface area contributed by atoms with Crippen LogP contribution >= 0.6 is 0 Å². The van der Waals surface area contributed by atoms with E-state index in [-0.39, 0.29) is 24.3 Å². The number of nitro groups is 1. The molecule has 2 aromatic carbocycles. The summed E-state index contributed by atoms with van der Waals surface area (Å²) in [5, 5.41) is 11.0. The molecule has 2 rings (SSSR count). The Morgan fingerprint density at radius 1 is 1.05 bits per heavy atom. The minimum absolute atomic E-state index is 0.00111. The molecule has 0 aromatic heterocycles. The first-order valence-electron chi connectivity index (χ1n) is 6.97. The van der Waals surface area contributed by atoms with Crippen LogP contribution in [0.4, 0.5) is 11.4 Å². The van der Waals surface area contributed by atoms with Crippen molar-refractivity contribution in [3.8, 4) is 0 Å². The number of nitrogens with zero attached hydrogens (tertiary/aromatic N) is 2. The van der Waals surface area contributed by atoms with Crippen molar-refractivity contribution in [3.63, 3.8) is 0 Å². The van der Waals surface area contributed by atoms with Gasteiger partial charge in [-0.05, 0) is 17.7 Å². The fraction of sp³-hybridized carbons (Fsp3) is 0.235. The molecular weight excluding hydrogens is 280 g/mol. The van der Waals surface area contributed by atoms with Crippen molar-refractivity contribution in [2.24, 2.45) is 0 Å². The Kier molecular flexibility index (Phi) is 4.88. The minimum atomic E-state index is -0.450. The Balaban J connectivity index is 2.06. The van der Waals surface area contributed by atoms with Gasteiger partial charge >= 0.3 is 0 Å². The molecule has 0 saturated carbocycles. The third-order valence-electron chi connectivity index (χ3n) is 3.43. The van der Waals surface area contributed by atoms with Gasteiger partial charge in [-0.3, -0.25) is 14.9 Å². The number of rotatable bonds is 6.